The second-order valence-corrected chi connectivity index (χ2v) is 4.32. The standard InChI is InChI=1S/C10H17NO3/c1-9(2,3)11-7-6-8(12)10(7,13-4)14-5/h6,11H,1-5H3. The Hall–Kier alpha value is -0.870. The summed E-state index contributed by atoms with van der Waals surface area (Å²) in [6.45, 7) is 6.02. The molecule has 1 N–H and O–H groups in total. The Balaban J connectivity index is 2.83. The topological polar surface area (TPSA) is 47.6 Å². The van der Waals surface area contributed by atoms with Crippen LogP contribution in [0.2, 0.25) is 0 Å². The Labute approximate surface area is 84.3 Å². The number of carbonyl (C=O) groups excluding carboxylic acids is 1. The summed E-state index contributed by atoms with van der Waals surface area (Å²) >= 11 is 0. The SMILES string of the molecule is COC1(OC)C(=O)C=C1NC(C)(C)C. The van der Waals surface area contributed by atoms with Gasteiger partial charge in [-0.1, -0.05) is 0 Å². The Morgan fingerprint density at radius 1 is 1.29 bits per heavy atom. The molecule has 0 unspecified atom stereocenters. The number of methoxy groups -OCH3 is 2. The molecule has 0 spiro atoms. The van der Waals surface area contributed by atoms with Crippen molar-refractivity contribution in [3.63, 3.8) is 0 Å². The second kappa shape index (κ2) is 3.37. The number of hydrogen-bond donors (Lipinski definition) is 1. The van der Waals surface area contributed by atoms with Crippen LogP contribution in [0.15, 0.2) is 11.8 Å². The number of rotatable bonds is 3. The summed E-state index contributed by atoms with van der Waals surface area (Å²) in [4.78, 5) is 11.3. The van der Waals surface area contributed by atoms with E-state index < -0.39 is 5.79 Å². The lowest BCUT2D eigenvalue weighted by Crippen LogP contribution is -2.58. The van der Waals surface area contributed by atoms with E-state index in [9.17, 15) is 4.79 Å². The van der Waals surface area contributed by atoms with Gasteiger partial charge in [0.25, 0.3) is 5.79 Å². The van der Waals surface area contributed by atoms with E-state index in [1.54, 1.807) is 0 Å². The van der Waals surface area contributed by atoms with Crippen LogP contribution in [0.4, 0.5) is 0 Å². The van der Waals surface area contributed by atoms with Crippen LogP contribution >= 0.6 is 0 Å². The molecule has 0 saturated heterocycles. The van der Waals surface area contributed by atoms with E-state index in [0.29, 0.717) is 5.70 Å². The van der Waals surface area contributed by atoms with Crippen LogP contribution < -0.4 is 5.32 Å². The molecule has 0 atom stereocenters. The molecule has 0 aromatic rings. The first kappa shape index (κ1) is 11.2. The molecule has 0 aromatic carbocycles. The van der Waals surface area contributed by atoms with Gasteiger partial charge in [0.1, 0.15) is 0 Å². The van der Waals surface area contributed by atoms with Crippen LogP contribution in [0.25, 0.3) is 0 Å². The molecule has 0 aliphatic heterocycles. The fourth-order valence-electron chi connectivity index (χ4n) is 1.40. The Bertz CT molecular complexity index is 272. The molecular weight excluding hydrogens is 182 g/mol. The monoisotopic (exact) mass is 199 g/mol. The van der Waals surface area contributed by atoms with Crippen molar-refractivity contribution >= 4 is 5.78 Å². The Morgan fingerprint density at radius 2 is 1.79 bits per heavy atom. The maximum absolute atomic E-state index is 11.3. The highest BCUT2D eigenvalue weighted by molar-refractivity contribution is 6.06. The molecule has 1 aliphatic carbocycles. The van der Waals surface area contributed by atoms with Crippen molar-refractivity contribution < 1.29 is 14.3 Å². The Morgan fingerprint density at radius 3 is 2.07 bits per heavy atom. The summed E-state index contributed by atoms with van der Waals surface area (Å²) in [5, 5.41) is 3.17. The van der Waals surface area contributed by atoms with Gasteiger partial charge in [0.2, 0.25) is 5.78 Å². The maximum Gasteiger partial charge on any atom is 0.275 e. The molecule has 0 fully saturated rings. The van der Waals surface area contributed by atoms with E-state index in [0.717, 1.165) is 0 Å². The van der Waals surface area contributed by atoms with Gasteiger partial charge in [0, 0.05) is 25.8 Å². The average Bonchev–Trinajstić information content (AvgIpc) is 2.03. The fraction of sp³-hybridized carbons (Fsp3) is 0.700. The molecule has 0 amide bonds. The summed E-state index contributed by atoms with van der Waals surface area (Å²) < 4.78 is 10.2. The molecule has 1 rings (SSSR count). The van der Waals surface area contributed by atoms with Crippen molar-refractivity contribution in [2.45, 2.75) is 32.1 Å². The van der Waals surface area contributed by atoms with Gasteiger partial charge in [-0.05, 0) is 20.8 Å². The van der Waals surface area contributed by atoms with Gasteiger partial charge in [0.05, 0.1) is 5.70 Å². The van der Waals surface area contributed by atoms with Crippen LogP contribution in [0.3, 0.4) is 0 Å². The third-order valence-corrected chi connectivity index (χ3v) is 2.04. The van der Waals surface area contributed by atoms with E-state index in [1.807, 2.05) is 20.8 Å². The zero-order chi connectivity index (χ0) is 11.0. The number of carbonyl (C=O) groups is 1. The van der Waals surface area contributed by atoms with E-state index in [4.69, 9.17) is 9.47 Å². The number of ether oxygens (including phenoxy) is 2. The van der Waals surface area contributed by atoms with Crippen molar-refractivity contribution in [2.75, 3.05) is 14.2 Å². The zero-order valence-corrected chi connectivity index (χ0v) is 9.30. The van der Waals surface area contributed by atoms with Crippen LogP contribution in [0.1, 0.15) is 20.8 Å². The van der Waals surface area contributed by atoms with Gasteiger partial charge in [-0.25, -0.2) is 0 Å². The van der Waals surface area contributed by atoms with Gasteiger partial charge in [0.15, 0.2) is 0 Å². The molecule has 0 bridgehead atoms. The van der Waals surface area contributed by atoms with Gasteiger partial charge < -0.3 is 14.8 Å². The van der Waals surface area contributed by atoms with Gasteiger partial charge in [-0.2, -0.15) is 0 Å². The Kier molecular flexibility index (Phi) is 2.69. The predicted molar refractivity (Wildman–Crippen MR) is 52.7 cm³/mol. The minimum Gasteiger partial charge on any atom is -0.379 e. The second-order valence-electron chi connectivity index (χ2n) is 4.32. The lowest BCUT2D eigenvalue weighted by atomic mass is 9.92. The van der Waals surface area contributed by atoms with E-state index in [-0.39, 0.29) is 11.3 Å². The third-order valence-electron chi connectivity index (χ3n) is 2.04. The summed E-state index contributed by atoms with van der Waals surface area (Å²) in [6, 6.07) is 0. The number of hydrogen-bond acceptors (Lipinski definition) is 4. The molecule has 14 heavy (non-hydrogen) atoms. The highest BCUT2D eigenvalue weighted by Gasteiger charge is 2.50. The van der Waals surface area contributed by atoms with Crippen molar-refractivity contribution in [1.29, 1.82) is 0 Å². The fourth-order valence-corrected chi connectivity index (χ4v) is 1.40. The van der Waals surface area contributed by atoms with Crippen molar-refractivity contribution in [1.82, 2.24) is 5.32 Å². The quantitative estimate of drug-likeness (QED) is 0.684. The van der Waals surface area contributed by atoms with Crippen LogP contribution in [-0.2, 0) is 14.3 Å². The van der Waals surface area contributed by atoms with Crippen molar-refractivity contribution in [3.8, 4) is 0 Å². The highest BCUT2D eigenvalue weighted by Crippen LogP contribution is 2.32. The third kappa shape index (κ3) is 1.67. The average molecular weight is 199 g/mol. The van der Waals surface area contributed by atoms with Crippen molar-refractivity contribution in [3.05, 3.63) is 11.8 Å². The highest BCUT2D eigenvalue weighted by atomic mass is 16.7. The molecule has 0 aromatic heterocycles. The first-order valence-corrected chi connectivity index (χ1v) is 4.51. The normalized spacial score (nSPS) is 20.1. The van der Waals surface area contributed by atoms with E-state index in [2.05, 4.69) is 5.32 Å². The molecule has 1 aliphatic rings. The van der Waals surface area contributed by atoms with Crippen molar-refractivity contribution in [2.24, 2.45) is 0 Å². The first-order valence-electron chi connectivity index (χ1n) is 4.51. The zero-order valence-electron chi connectivity index (χ0n) is 9.30. The maximum atomic E-state index is 11.3. The van der Waals surface area contributed by atoms with Gasteiger partial charge in [-0.15, -0.1) is 0 Å². The van der Waals surface area contributed by atoms with Gasteiger partial charge >= 0.3 is 0 Å². The molecule has 4 nitrogen and oxygen atoms in total. The summed E-state index contributed by atoms with van der Waals surface area (Å²) in [5.41, 5.74) is 0.564. The molecule has 4 heteroatoms. The van der Waals surface area contributed by atoms with E-state index in [1.165, 1.54) is 20.3 Å². The minimum atomic E-state index is -1.20. The van der Waals surface area contributed by atoms with Crippen LogP contribution in [0.5, 0.6) is 0 Å². The van der Waals surface area contributed by atoms with Gasteiger partial charge in [-0.3, -0.25) is 4.79 Å². The predicted octanol–water partition coefficient (Wildman–Crippen LogP) is 0.830. The number of ketones is 1. The van der Waals surface area contributed by atoms with E-state index >= 15 is 0 Å². The molecular formula is C10H17NO3. The molecule has 0 radical (unpaired) electrons. The summed E-state index contributed by atoms with van der Waals surface area (Å²) in [5.74, 6) is -1.36. The lowest BCUT2D eigenvalue weighted by molar-refractivity contribution is -0.196. The largest absolute Gasteiger partial charge is 0.379 e. The van der Waals surface area contributed by atoms with Crippen LogP contribution in [0, 0.1) is 0 Å². The number of nitrogens with one attached hydrogen (secondary N) is 1. The smallest absolute Gasteiger partial charge is 0.275 e. The first-order chi connectivity index (χ1) is 6.35. The summed E-state index contributed by atoms with van der Waals surface area (Å²) in [6.07, 6.45) is 1.50. The molecule has 0 saturated carbocycles. The lowest BCUT2D eigenvalue weighted by Gasteiger charge is -2.40. The molecule has 0 heterocycles. The van der Waals surface area contributed by atoms with Crippen LogP contribution in [-0.4, -0.2) is 31.3 Å². The molecule has 80 valence electrons. The minimum absolute atomic E-state index is 0.116. The summed E-state index contributed by atoms with van der Waals surface area (Å²) in [7, 11) is 2.91.